The molecular formula is C10H12F2N2O2. The normalized spacial score (nSPS) is 11.5. The smallest absolute Gasteiger partial charge is 0.339 e. The van der Waals surface area contributed by atoms with Gasteiger partial charge in [0.05, 0.1) is 0 Å². The molecule has 0 saturated carbocycles. The Hall–Kier alpha value is -1.72. The standard InChI is InChI=1S/C10H12F2N2O2/c1-3-5-4-6(9(15)16)8(13)14-7(5)10(2,11)12/h4H,3H2,1-2H3,(H2,13,14)(H,15,16). The summed E-state index contributed by atoms with van der Waals surface area (Å²) in [4.78, 5) is 14.2. The summed E-state index contributed by atoms with van der Waals surface area (Å²) in [6.07, 6.45) is 0.270. The van der Waals surface area contributed by atoms with Crippen LogP contribution in [0.4, 0.5) is 14.6 Å². The van der Waals surface area contributed by atoms with Gasteiger partial charge in [-0.25, -0.2) is 9.78 Å². The van der Waals surface area contributed by atoms with Crippen LogP contribution in [0.25, 0.3) is 0 Å². The maximum atomic E-state index is 13.1. The number of pyridine rings is 1. The highest BCUT2D eigenvalue weighted by Gasteiger charge is 2.30. The molecular weight excluding hydrogens is 218 g/mol. The molecule has 0 spiro atoms. The molecule has 88 valence electrons. The summed E-state index contributed by atoms with van der Waals surface area (Å²) in [5, 5.41) is 8.77. The molecule has 0 unspecified atom stereocenters. The Bertz CT molecular complexity index is 428. The van der Waals surface area contributed by atoms with Gasteiger partial charge in [-0.3, -0.25) is 0 Å². The van der Waals surface area contributed by atoms with Crippen LogP contribution in [0.1, 0.15) is 35.5 Å². The van der Waals surface area contributed by atoms with E-state index < -0.39 is 17.6 Å². The topological polar surface area (TPSA) is 76.2 Å². The van der Waals surface area contributed by atoms with E-state index in [0.717, 1.165) is 6.07 Å². The number of anilines is 1. The molecule has 0 atom stereocenters. The van der Waals surface area contributed by atoms with Gasteiger partial charge in [0.15, 0.2) is 0 Å². The van der Waals surface area contributed by atoms with Gasteiger partial charge in [-0.15, -0.1) is 0 Å². The van der Waals surface area contributed by atoms with Crippen LogP contribution in [0.2, 0.25) is 0 Å². The molecule has 0 aliphatic heterocycles. The fourth-order valence-electron chi connectivity index (χ4n) is 1.39. The van der Waals surface area contributed by atoms with Crippen molar-refractivity contribution in [2.45, 2.75) is 26.2 Å². The van der Waals surface area contributed by atoms with Crippen LogP contribution < -0.4 is 5.73 Å². The van der Waals surface area contributed by atoms with E-state index in [1.54, 1.807) is 6.92 Å². The Kier molecular flexibility index (Phi) is 3.11. The lowest BCUT2D eigenvalue weighted by atomic mass is 10.0. The number of carboxylic acid groups (broad SMARTS) is 1. The van der Waals surface area contributed by atoms with Crippen LogP contribution >= 0.6 is 0 Å². The van der Waals surface area contributed by atoms with Crippen molar-refractivity contribution in [2.75, 3.05) is 5.73 Å². The minimum absolute atomic E-state index is 0.194. The number of aryl methyl sites for hydroxylation is 1. The van der Waals surface area contributed by atoms with Crippen molar-refractivity contribution >= 4 is 11.8 Å². The van der Waals surface area contributed by atoms with Crippen LogP contribution in [-0.2, 0) is 12.3 Å². The molecule has 0 radical (unpaired) electrons. The molecule has 6 heteroatoms. The molecule has 3 N–H and O–H groups in total. The highest BCUT2D eigenvalue weighted by molar-refractivity contribution is 5.92. The Balaban J connectivity index is 3.44. The highest BCUT2D eigenvalue weighted by atomic mass is 19.3. The molecule has 1 rings (SSSR count). The Morgan fingerprint density at radius 3 is 2.56 bits per heavy atom. The number of carboxylic acids is 1. The average Bonchev–Trinajstić information content (AvgIpc) is 2.15. The van der Waals surface area contributed by atoms with Crippen molar-refractivity contribution in [3.8, 4) is 0 Å². The summed E-state index contributed by atoms with van der Waals surface area (Å²) in [5.74, 6) is -4.79. The summed E-state index contributed by atoms with van der Waals surface area (Å²) in [5.41, 5.74) is 4.80. The van der Waals surface area contributed by atoms with Crippen molar-refractivity contribution in [3.05, 3.63) is 22.9 Å². The van der Waals surface area contributed by atoms with Gasteiger partial charge in [-0.05, 0) is 18.1 Å². The zero-order valence-electron chi connectivity index (χ0n) is 8.92. The summed E-state index contributed by atoms with van der Waals surface area (Å²) in [6, 6.07) is 1.15. The minimum atomic E-state index is -3.13. The second-order valence-corrected chi connectivity index (χ2v) is 3.48. The summed E-state index contributed by atoms with van der Waals surface area (Å²) in [6.45, 7) is 2.35. The zero-order valence-corrected chi connectivity index (χ0v) is 8.92. The molecule has 0 aromatic carbocycles. The molecule has 16 heavy (non-hydrogen) atoms. The Morgan fingerprint density at radius 1 is 1.62 bits per heavy atom. The highest BCUT2D eigenvalue weighted by Crippen LogP contribution is 2.30. The zero-order chi connectivity index (χ0) is 12.5. The molecule has 0 fully saturated rings. The van der Waals surface area contributed by atoms with Crippen LogP contribution in [0.3, 0.4) is 0 Å². The molecule has 1 heterocycles. The van der Waals surface area contributed by atoms with E-state index in [1.165, 1.54) is 0 Å². The third kappa shape index (κ3) is 2.26. The number of aromatic carboxylic acids is 1. The molecule has 1 aromatic rings. The molecule has 0 bridgehead atoms. The number of hydrogen-bond donors (Lipinski definition) is 2. The number of nitrogens with two attached hydrogens (primary N) is 1. The first-order valence-corrected chi connectivity index (χ1v) is 4.68. The Morgan fingerprint density at radius 2 is 2.19 bits per heavy atom. The van der Waals surface area contributed by atoms with Gasteiger partial charge in [-0.1, -0.05) is 6.92 Å². The van der Waals surface area contributed by atoms with Gasteiger partial charge >= 0.3 is 5.97 Å². The van der Waals surface area contributed by atoms with Gasteiger partial charge in [0.1, 0.15) is 17.1 Å². The van der Waals surface area contributed by atoms with Gasteiger partial charge in [0.2, 0.25) is 0 Å². The van der Waals surface area contributed by atoms with E-state index >= 15 is 0 Å². The summed E-state index contributed by atoms with van der Waals surface area (Å²) in [7, 11) is 0. The van der Waals surface area contributed by atoms with Crippen molar-refractivity contribution in [3.63, 3.8) is 0 Å². The number of alkyl halides is 2. The van der Waals surface area contributed by atoms with Gasteiger partial charge in [0.25, 0.3) is 5.92 Å². The molecule has 0 amide bonds. The summed E-state index contributed by atoms with van der Waals surface area (Å²) >= 11 is 0. The SMILES string of the molecule is CCc1cc(C(=O)O)c(N)nc1C(C)(F)F. The third-order valence-corrected chi connectivity index (χ3v) is 2.16. The van der Waals surface area contributed by atoms with E-state index in [0.29, 0.717) is 6.92 Å². The molecule has 0 aliphatic carbocycles. The Labute approximate surface area is 91.1 Å². The molecule has 4 nitrogen and oxygen atoms in total. The van der Waals surface area contributed by atoms with Gasteiger partial charge in [-0.2, -0.15) is 8.78 Å². The van der Waals surface area contributed by atoms with E-state index in [9.17, 15) is 13.6 Å². The number of hydrogen-bond acceptors (Lipinski definition) is 3. The monoisotopic (exact) mass is 230 g/mol. The number of halogens is 2. The predicted octanol–water partition coefficient (Wildman–Crippen LogP) is 2.04. The van der Waals surface area contributed by atoms with E-state index in [1.807, 2.05) is 0 Å². The largest absolute Gasteiger partial charge is 0.478 e. The van der Waals surface area contributed by atoms with Crippen LogP contribution in [0, 0.1) is 0 Å². The maximum absolute atomic E-state index is 13.1. The molecule has 0 aliphatic rings. The number of nitrogens with zero attached hydrogens (tertiary/aromatic N) is 1. The maximum Gasteiger partial charge on any atom is 0.339 e. The van der Waals surface area contributed by atoms with Crippen molar-refractivity contribution in [1.82, 2.24) is 4.98 Å². The van der Waals surface area contributed by atoms with Crippen LogP contribution in [0.5, 0.6) is 0 Å². The molecule has 0 saturated heterocycles. The van der Waals surface area contributed by atoms with E-state index in [-0.39, 0.29) is 23.4 Å². The number of carbonyl (C=O) groups is 1. The first kappa shape index (κ1) is 12.4. The average molecular weight is 230 g/mol. The second kappa shape index (κ2) is 4.03. The predicted molar refractivity (Wildman–Crippen MR) is 54.6 cm³/mol. The lowest BCUT2D eigenvalue weighted by Crippen LogP contribution is -2.17. The van der Waals surface area contributed by atoms with Crippen LogP contribution in [-0.4, -0.2) is 16.1 Å². The molecule has 1 aromatic heterocycles. The van der Waals surface area contributed by atoms with Crippen LogP contribution in [0.15, 0.2) is 6.07 Å². The van der Waals surface area contributed by atoms with Crippen molar-refractivity contribution < 1.29 is 18.7 Å². The van der Waals surface area contributed by atoms with Crippen molar-refractivity contribution in [2.24, 2.45) is 0 Å². The van der Waals surface area contributed by atoms with Gasteiger partial charge < -0.3 is 10.8 Å². The lowest BCUT2D eigenvalue weighted by Gasteiger charge is -2.15. The first-order chi connectivity index (χ1) is 7.27. The van der Waals surface area contributed by atoms with Gasteiger partial charge in [0, 0.05) is 6.92 Å². The van der Waals surface area contributed by atoms with E-state index in [4.69, 9.17) is 10.8 Å². The number of aromatic nitrogens is 1. The first-order valence-electron chi connectivity index (χ1n) is 4.68. The summed E-state index contributed by atoms with van der Waals surface area (Å²) < 4.78 is 26.3. The second-order valence-electron chi connectivity index (χ2n) is 3.48. The number of nitrogen functional groups attached to an aromatic ring is 1. The fourth-order valence-corrected chi connectivity index (χ4v) is 1.39. The minimum Gasteiger partial charge on any atom is -0.478 e. The third-order valence-electron chi connectivity index (χ3n) is 2.16. The number of rotatable bonds is 3. The fraction of sp³-hybridized carbons (Fsp3) is 0.400. The quantitative estimate of drug-likeness (QED) is 0.833. The van der Waals surface area contributed by atoms with Crippen molar-refractivity contribution in [1.29, 1.82) is 0 Å². The lowest BCUT2D eigenvalue weighted by molar-refractivity contribution is 0.0118. The van der Waals surface area contributed by atoms with E-state index in [2.05, 4.69) is 4.98 Å².